The third-order valence-corrected chi connectivity index (χ3v) is 1.54. The zero-order valence-corrected chi connectivity index (χ0v) is 7.41. The Hall–Kier alpha value is -0.900. The van der Waals surface area contributed by atoms with Gasteiger partial charge in [0, 0.05) is 12.3 Å². The van der Waals surface area contributed by atoms with Gasteiger partial charge < -0.3 is 4.79 Å². The van der Waals surface area contributed by atoms with Crippen LogP contribution in [0, 0.1) is 11.8 Å². The lowest BCUT2D eigenvalue weighted by Crippen LogP contribution is -2.23. The maximum absolute atomic E-state index is 10.6. The van der Waals surface area contributed by atoms with E-state index in [2.05, 4.69) is 0 Å². The summed E-state index contributed by atoms with van der Waals surface area (Å²) in [6.07, 6.45) is 1.50. The van der Waals surface area contributed by atoms with E-state index in [0.717, 1.165) is 6.29 Å². The summed E-state index contributed by atoms with van der Waals surface area (Å²) in [5.74, 6) is -0.406. The first-order chi connectivity index (χ1) is 5.60. The topological polar surface area (TPSA) is 66.4 Å². The molecule has 4 nitrogen and oxygen atoms in total. The van der Waals surface area contributed by atoms with Crippen LogP contribution in [-0.2, 0) is 9.59 Å². The molecule has 70 valence electrons. The lowest BCUT2D eigenvalue weighted by molar-refractivity contribution is -0.131. The zero-order chi connectivity index (χ0) is 9.56. The number of hydrogen-bond donors (Lipinski definition) is 2. The van der Waals surface area contributed by atoms with Crippen molar-refractivity contribution in [1.29, 1.82) is 0 Å². The summed E-state index contributed by atoms with van der Waals surface area (Å²) >= 11 is 0. The molecule has 0 radical (unpaired) electrons. The molecule has 0 saturated carbocycles. The Kier molecular flexibility index (Phi) is 5.28. The van der Waals surface area contributed by atoms with Gasteiger partial charge >= 0.3 is 0 Å². The van der Waals surface area contributed by atoms with E-state index in [4.69, 9.17) is 5.21 Å². The van der Waals surface area contributed by atoms with Gasteiger partial charge in [0.15, 0.2) is 0 Å². The van der Waals surface area contributed by atoms with E-state index in [1.807, 2.05) is 13.8 Å². The fraction of sp³-hybridized carbons (Fsp3) is 0.750. The quantitative estimate of drug-likeness (QED) is 0.366. The number of nitrogens with one attached hydrogen (secondary N) is 1. The molecule has 1 atom stereocenters. The highest BCUT2D eigenvalue weighted by molar-refractivity contribution is 5.77. The molecule has 0 aromatic rings. The second-order valence-corrected chi connectivity index (χ2v) is 3.26. The molecule has 0 rings (SSSR count). The predicted molar refractivity (Wildman–Crippen MR) is 43.6 cm³/mol. The number of carbonyl (C=O) groups excluding carboxylic acids is 2. The van der Waals surface area contributed by atoms with Crippen molar-refractivity contribution >= 4 is 12.2 Å². The smallest absolute Gasteiger partial charge is 0.244 e. The van der Waals surface area contributed by atoms with Crippen LogP contribution in [0.25, 0.3) is 0 Å². The molecule has 2 N–H and O–H groups in total. The van der Waals surface area contributed by atoms with Crippen molar-refractivity contribution in [2.75, 3.05) is 0 Å². The van der Waals surface area contributed by atoms with Gasteiger partial charge in [-0.1, -0.05) is 13.8 Å². The van der Waals surface area contributed by atoms with E-state index in [1.165, 1.54) is 5.48 Å². The summed E-state index contributed by atoms with van der Waals surface area (Å²) in [5, 5.41) is 8.20. The van der Waals surface area contributed by atoms with Gasteiger partial charge in [-0.2, -0.15) is 0 Å². The maximum Gasteiger partial charge on any atom is 0.244 e. The van der Waals surface area contributed by atoms with Gasteiger partial charge in [-0.15, -0.1) is 0 Å². The molecule has 0 aromatic carbocycles. The molecule has 0 aliphatic rings. The number of carbonyl (C=O) groups is 2. The third kappa shape index (κ3) is 4.85. The SMILES string of the molecule is CC(C)C[C@H](C=O)CC(=O)NO. The predicted octanol–water partition coefficient (Wildman–Crippen LogP) is 0.743. The minimum absolute atomic E-state index is 0.0676. The van der Waals surface area contributed by atoms with E-state index >= 15 is 0 Å². The molecule has 4 heteroatoms. The monoisotopic (exact) mass is 173 g/mol. The fourth-order valence-corrected chi connectivity index (χ4v) is 1.08. The second kappa shape index (κ2) is 5.71. The van der Waals surface area contributed by atoms with Crippen molar-refractivity contribution in [3.63, 3.8) is 0 Å². The minimum atomic E-state index is -0.507. The molecule has 0 aromatic heterocycles. The second-order valence-electron chi connectivity index (χ2n) is 3.26. The van der Waals surface area contributed by atoms with E-state index in [1.54, 1.807) is 0 Å². The van der Waals surface area contributed by atoms with Crippen LogP contribution in [0.1, 0.15) is 26.7 Å². The van der Waals surface area contributed by atoms with Gasteiger partial charge in [-0.3, -0.25) is 10.0 Å². The molecule has 0 saturated heterocycles. The van der Waals surface area contributed by atoms with Crippen molar-refractivity contribution in [3.8, 4) is 0 Å². The molecule has 0 aliphatic heterocycles. The lowest BCUT2D eigenvalue weighted by atomic mass is 9.95. The molecule has 0 aliphatic carbocycles. The molecule has 0 fully saturated rings. The van der Waals surface area contributed by atoms with Crippen molar-refractivity contribution in [2.45, 2.75) is 26.7 Å². The van der Waals surface area contributed by atoms with Gasteiger partial charge in [0.2, 0.25) is 5.91 Å². The number of amides is 1. The zero-order valence-electron chi connectivity index (χ0n) is 7.41. The highest BCUT2D eigenvalue weighted by Gasteiger charge is 2.13. The summed E-state index contributed by atoms with van der Waals surface area (Å²) in [6, 6.07) is 0. The molecule has 12 heavy (non-hydrogen) atoms. The number of hydroxylamine groups is 1. The molecular formula is C8H15NO3. The first-order valence-corrected chi connectivity index (χ1v) is 3.98. The Morgan fingerprint density at radius 2 is 2.17 bits per heavy atom. The van der Waals surface area contributed by atoms with Crippen molar-refractivity contribution in [1.82, 2.24) is 5.48 Å². The number of rotatable bonds is 5. The van der Waals surface area contributed by atoms with Crippen molar-refractivity contribution in [3.05, 3.63) is 0 Å². The van der Waals surface area contributed by atoms with Gasteiger partial charge in [0.05, 0.1) is 0 Å². The van der Waals surface area contributed by atoms with Gasteiger partial charge in [0.1, 0.15) is 6.29 Å². The van der Waals surface area contributed by atoms with Crippen LogP contribution in [0.3, 0.4) is 0 Å². The van der Waals surface area contributed by atoms with E-state index in [-0.39, 0.29) is 12.3 Å². The third-order valence-electron chi connectivity index (χ3n) is 1.54. The highest BCUT2D eigenvalue weighted by atomic mass is 16.5. The van der Waals surface area contributed by atoms with Crippen LogP contribution in [0.4, 0.5) is 0 Å². The summed E-state index contributed by atoms with van der Waals surface area (Å²) < 4.78 is 0. The molecular weight excluding hydrogens is 158 g/mol. The maximum atomic E-state index is 10.6. The molecule has 0 heterocycles. The minimum Gasteiger partial charge on any atom is -0.303 e. The molecule has 0 spiro atoms. The van der Waals surface area contributed by atoms with Crippen LogP contribution in [0.5, 0.6) is 0 Å². The largest absolute Gasteiger partial charge is 0.303 e. The molecule has 1 amide bonds. The highest BCUT2D eigenvalue weighted by Crippen LogP contribution is 2.12. The fourth-order valence-electron chi connectivity index (χ4n) is 1.08. The van der Waals surface area contributed by atoms with E-state index in [9.17, 15) is 9.59 Å². The van der Waals surface area contributed by atoms with Gasteiger partial charge in [-0.05, 0) is 12.3 Å². The van der Waals surface area contributed by atoms with Crippen LogP contribution >= 0.6 is 0 Å². The lowest BCUT2D eigenvalue weighted by Gasteiger charge is -2.10. The van der Waals surface area contributed by atoms with Crippen LogP contribution in [0.15, 0.2) is 0 Å². The first-order valence-electron chi connectivity index (χ1n) is 3.98. The molecule has 0 unspecified atom stereocenters. The Morgan fingerprint density at radius 3 is 2.50 bits per heavy atom. The van der Waals surface area contributed by atoms with E-state index in [0.29, 0.717) is 12.3 Å². The summed E-state index contributed by atoms with van der Waals surface area (Å²) in [7, 11) is 0. The summed E-state index contributed by atoms with van der Waals surface area (Å²) in [5.41, 5.74) is 1.51. The van der Waals surface area contributed by atoms with E-state index < -0.39 is 5.91 Å². The number of hydrogen-bond acceptors (Lipinski definition) is 3. The van der Waals surface area contributed by atoms with Crippen LogP contribution in [-0.4, -0.2) is 17.4 Å². The Bertz CT molecular complexity index is 156. The number of aldehydes is 1. The average Bonchev–Trinajstić information content (AvgIpc) is 2.02. The van der Waals surface area contributed by atoms with Gasteiger partial charge in [-0.25, -0.2) is 5.48 Å². The van der Waals surface area contributed by atoms with Crippen LogP contribution in [0.2, 0.25) is 0 Å². The van der Waals surface area contributed by atoms with Crippen molar-refractivity contribution < 1.29 is 14.8 Å². The summed E-state index contributed by atoms with van der Waals surface area (Å²) in [6.45, 7) is 3.96. The first kappa shape index (κ1) is 11.1. The van der Waals surface area contributed by atoms with Crippen molar-refractivity contribution in [2.24, 2.45) is 11.8 Å². The van der Waals surface area contributed by atoms with Crippen LogP contribution < -0.4 is 5.48 Å². The molecule has 0 bridgehead atoms. The Labute approximate surface area is 71.9 Å². The normalized spacial score (nSPS) is 12.7. The van der Waals surface area contributed by atoms with Gasteiger partial charge in [0.25, 0.3) is 0 Å². The Balaban J connectivity index is 3.82. The average molecular weight is 173 g/mol. The summed E-state index contributed by atoms with van der Waals surface area (Å²) in [4.78, 5) is 21.1. The standard InChI is InChI=1S/C8H15NO3/c1-6(2)3-7(5-10)4-8(11)9-12/h5-7,12H,3-4H2,1-2H3,(H,9,11)/t7-/m0/s1. The Morgan fingerprint density at radius 1 is 1.58 bits per heavy atom.